The van der Waals surface area contributed by atoms with Crippen LogP contribution in [0.2, 0.25) is 0 Å². The molecule has 0 aromatic heterocycles. The predicted molar refractivity (Wildman–Crippen MR) is 70.5 cm³/mol. The van der Waals surface area contributed by atoms with Crippen molar-refractivity contribution in [3.8, 4) is 11.1 Å². The molecular weight excluding hydrogens is 256 g/mol. The molecule has 4 rings (SSSR count). The van der Waals surface area contributed by atoms with Crippen LogP contribution in [-0.2, 0) is 0 Å². The van der Waals surface area contributed by atoms with Crippen LogP contribution in [0.5, 0.6) is 0 Å². The summed E-state index contributed by atoms with van der Waals surface area (Å²) >= 11 is 0. The maximum absolute atomic E-state index is 12.2. The molecule has 20 heavy (non-hydrogen) atoms. The molecule has 2 aliphatic rings. The third kappa shape index (κ3) is 1.18. The fraction of sp³-hybridized carbons (Fsp3) is 0.125. The van der Waals surface area contributed by atoms with E-state index in [1.165, 1.54) is 0 Å². The summed E-state index contributed by atoms with van der Waals surface area (Å²) in [7, 11) is 0. The van der Waals surface area contributed by atoms with Gasteiger partial charge in [-0.2, -0.15) is 0 Å². The van der Waals surface area contributed by atoms with Gasteiger partial charge in [0, 0.05) is 11.1 Å². The van der Waals surface area contributed by atoms with E-state index in [1.54, 1.807) is 36.4 Å². The third-order valence-electron chi connectivity index (χ3n) is 4.08. The van der Waals surface area contributed by atoms with Crippen molar-refractivity contribution < 1.29 is 19.8 Å². The SMILES string of the molecule is O=C1C(=O)c2cccc3c2-c2c1cccc2C(O)C3O. The van der Waals surface area contributed by atoms with Crippen molar-refractivity contribution in [1.82, 2.24) is 0 Å². The summed E-state index contributed by atoms with van der Waals surface area (Å²) in [5.41, 5.74) is 2.77. The summed E-state index contributed by atoms with van der Waals surface area (Å²) < 4.78 is 0. The zero-order valence-corrected chi connectivity index (χ0v) is 10.3. The van der Waals surface area contributed by atoms with Gasteiger partial charge in [-0.25, -0.2) is 0 Å². The van der Waals surface area contributed by atoms with E-state index < -0.39 is 23.8 Å². The van der Waals surface area contributed by atoms with Gasteiger partial charge >= 0.3 is 0 Å². The number of Topliss-reactive ketones (excluding diaryl/α,β-unsaturated/α-hetero) is 2. The predicted octanol–water partition coefficient (Wildman–Crippen LogP) is 1.81. The third-order valence-corrected chi connectivity index (χ3v) is 4.08. The summed E-state index contributed by atoms with van der Waals surface area (Å²) in [5.74, 6) is -1.12. The number of carbonyl (C=O) groups is 2. The lowest BCUT2D eigenvalue weighted by Gasteiger charge is -2.33. The molecule has 4 nitrogen and oxygen atoms in total. The molecule has 0 aliphatic heterocycles. The molecule has 2 unspecified atom stereocenters. The highest BCUT2D eigenvalue weighted by atomic mass is 16.3. The van der Waals surface area contributed by atoms with E-state index in [9.17, 15) is 19.8 Å². The van der Waals surface area contributed by atoms with E-state index in [0.29, 0.717) is 33.4 Å². The zero-order valence-electron chi connectivity index (χ0n) is 10.3. The molecule has 0 heterocycles. The Hall–Kier alpha value is -2.30. The molecule has 0 saturated carbocycles. The molecule has 0 radical (unpaired) electrons. The Kier molecular flexibility index (Phi) is 2.09. The topological polar surface area (TPSA) is 74.6 Å². The molecule has 2 N–H and O–H groups in total. The molecule has 0 saturated heterocycles. The first-order chi connectivity index (χ1) is 9.61. The lowest BCUT2D eigenvalue weighted by atomic mass is 9.73. The molecule has 0 fully saturated rings. The Bertz CT molecular complexity index is 724. The van der Waals surface area contributed by atoms with Gasteiger partial charge in [-0.15, -0.1) is 0 Å². The number of rotatable bonds is 0. The summed E-state index contributed by atoms with van der Waals surface area (Å²) in [6.45, 7) is 0. The van der Waals surface area contributed by atoms with Crippen LogP contribution in [0.3, 0.4) is 0 Å². The number of aliphatic hydroxyl groups is 2. The number of benzene rings is 2. The van der Waals surface area contributed by atoms with Crippen molar-refractivity contribution in [3.63, 3.8) is 0 Å². The fourth-order valence-corrected chi connectivity index (χ4v) is 3.15. The van der Waals surface area contributed by atoms with Crippen molar-refractivity contribution in [2.24, 2.45) is 0 Å². The minimum atomic E-state index is -1.09. The zero-order chi connectivity index (χ0) is 14.0. The van der Waals surface area contributed by atoms with E-state index in [2.05, 4.69) is 0 Å². The van der Waals surface area contributed by atoms with Crippen LogP contribution in [0.15, 0.2) is 36.4 Å². The Morgan fingerprint density at radius 1 is 0.700 bits per heavy atom. The number of hydrogen-bond donors (Lipinski definition) is 2. The first-order valence-corrected chi connectivity index (χ1v) is 6.32. The maximum atomic E-state index is 12.2. The number of carbonyl (C=O) groups excluding carboxylic acids is 2. The van der Waals surface area contributed by atoms with Gasteiger partial charge in [0.05, 0.1) is 0 Å². The molecule has 2 atom stereocenters. The van der Waals surface area contributed by atoms with Gasteiger partial charge in [-0.3, -0.25) is 9.59 Å². The van der Waals surface area contributed by atoms with Gasteiger partial charge in [-0.05, 0) is 22.3 Å². The molecule has 2 aromatic rings. The van der Waals surface area contributed by atoms with Crippen LogP contribution in [0.4, 0.5) is 0 Å². The number of ketones is 2. The normalized spacial score (nSPS) is 22.7. The van der Waals surface area contributed by atoms with E-state index >= 15 is 0 Å². The average Bonchev–Trinajstić information content (AvgIpc) is 2.48. The van der Waals surface area contributed by atoms with E-state index in [-0.39, 0.29) is 0 Å². The van der Waals surface area contributed by atoms with Crippen molar-refractivity contribution in [2.45, 2.75) is 12.2 Å². The van der Waals surface area contributed by atoms with Gasteiger partial charge < -0.3 is 10.2 Å². The summed E-state index contributed by atoms with van der Waals surface area (Å²) in [6, 6.07) is 9.76. The van der Waals surface area contributed by atoms with Gasteiger partial charge in [0.25, 0.3) is 0 Å². The molecule has 2 aliphatic carbocycles. The van der Waals surface area contributed by atoms with E-state index in [1.807, 2.05) is 0 Å². The van der Waals surface area contributed by atoms with Crippen LogP contribution >= 0.6 is 0 Å². The summed E-state index contributed by atoms with van der Waals surface area (Å²) in [5, 5.41) is 20.4. The van der Waals surface area contributed by atoms with Gasteiger partial charge in [0.2, 0.25) is 11.6 Å². The molecule has 98 valence electrons. The number of hydrogen-bond acceptors (Lipinski definition) is 4. The van der Waals surface area contributed by atoms with Crippen molar-refractivity contribution in [2.75, 3.05) is 0 Å². The molecule has 0 spiro atoms. The van der Waals surface area contributed by atoms with Crippen LogP contribution < -0.4 is 0 Å². The van der Waals surface area contributed by atoms with Crippen LogP contribution in [-0.4, -0.2) is 21.8 Å². The highest BCUT2D eigenvalue weighted by Crippen LogP contribution is 2.49. The van der Waals surface area contributed by atoms with Crippen molar-refractivity contribution in [3.05, 3.63) is 58.7 Å². The second-order valence-corrected chi connectivity index (χ2v) is 5.09. The van der Waals surface area contributed by atoms with Crippen LogP contribution in [0.25, 0.3) is 11.1 Å². The largest absolute Gasteiger partial charge is 0.385 e. The molecule has 0 bridgehead atoms. The number of aliphatic hydroxyl groups excluding tert-OH is 2. The quantitative estimate of drug-likeness (QED) is 0.713. The first kappa shape index (κ1) is 11.5. The molecular formula is C16H10O4. The highest BCUT2D eigenvalue weighted by molar-refractivity contribution is 6.53. The molecule has 4 heteroatoms. The van der Waals surface area contributed by atoms with Crippen molar-refractivity contribution in [1.29, 1.82) is 0 Å². The fourth-order valence-electron chi connectivity index (χ4n) is 3.15. The first-order valence-electron chi connectivity index (χ1n) is 6.32. The van der Waals surface area contributed by atoms with Crippen molar-refractivity contribution >= 4 is 11.6 Å². The maximum Gasteiger partial charge on any atom is 0.234 e. The molecule has 2 aromatic carbocycles. The van der Waals surface area contributed by atoms with Gasteiger partial charge in [0.15, 0.2) is 0 Å². The summed E-state index contributed by atoms with van der Waals surface area (Å²) in [4.78, 5) is 24.3. The van der Waals surface area contributed by atoms with E-state index in [4.69, 9.17) is 0 Å². The Balaban J connectivity index is 2.22. The average molecular weight is 266 g/mol. The Morgan fingerprint density at radius 2 is 1.10 bits per heavy atom. The van der Waals surface area contributed by atoms with Gasteiger partial charge in [-0.1, -0.05) is 36.4 Å². The molecule has 0 amide bonds. The standard InChI is InChI=1S/C16H10O4/c17-13-7-3-1-4-8-11(7)12-9(15(13)19)5-2-6-10(12)16(20)14(8)18/h1-6,13,15,17,19H. The van der Waals surface area contributed by atoms with Gasteiger partial charge in [0.1, 0.15) is 12.2 Å². The Morgan fingerprint density at radius 3 is 1.50 bits per heavy atom. The second kappa shape index (κ2) is 3.62. The lowest BCUT2D eigenvalue weighted by Crippen LogP contribution is -2.28. The summed E-state index contributed by atoms with van der Waals surface area (Å²) in [6.07, 6.45) is -2.18. The lowest BCUT2D eigenvalue weighted by molar-refractivity contribution is 0.0156. The van der Waals surface area contributed by atoms with Crippen LogP contribution in [0, 0.1) is 0 Å². The monoisotopic (exact) mass is 266 g/mol. The Labute approximate surface area is 114 Å². The highest BCUT2D eigenvalue weighted by Gasteiger charge is 2.40. The minimum Gasteiger partial charge on any atom is -0.385 e. The smallest absolute Gasteiger partial charge is 0.234 e. The van der Waals surface area contributed by atoms with E-state index in [0.717, 1.165) is 0 Å². The van der Waals surface area contributed by atoms with Crippen LogP contribution in [0.1, 0.15) is 44.1 Å². The minimum absolute atomic E-state index is 0.304. The second-order valence-electron chi connectivity index (χ2n) is 5.09.